The van der Waals surface area contributed by atoms with E-state index in [1.807, 2.05) is 24.3 Å². The maximum absolute atomic E-state index is 6.08. The number of halogens is 1. The van der Waals surface area contributed by atoms with Crippen LogP contribution in [0.3, 0.4) is 0 Å². The summed E-state index contributed by atoms with van der Waals surface area (Å²) >= 11 is 6.08. The van der Waals surface area contributed by atoms with E-state index in [1.54, 1.807) is 0 Å². The maximum atomic E-state index is 6.08. The summed E-state index contributed by atoms with van der Waals surface area (Å²) < 4.78 is 5.25. The zero-order valence-corrected chi connectivity index (χ0v) is 12.8. The summed E-state index contributed by atoms with van der Waals surface area (Å²) in [5.74, 6) is 0.763. The van der Waals surface area contributed by atoms with Crippen molar-refractivity contribution < 1.29 is 4.52 Å². The Labute approximate surface area is 125 Å². The Morgan fingerprint density at radius 2 is 1.95 bits per heavy atom. The Hall–Kier alpha value is -1.48. The second kappa shape index (κ2) is 6.80. The molecule has 0 unspecified atom stereocenters. The van der Waals surface area contributed by atoms with Crippen LogP contribution >= 0.6 is 11.6 Å². The fraction of sp³-hybridized carbons (Fsp3) is 0.438. The number of hydrogen-bond acceptors (Lipinski definition) is 3. The highest BCUT2D eigenvalue weighted by atomic mass is 35.5. The maximum Gasteiger partial charge on any atom is 0.230 e. The van der Waals surface area contributed by atoms with Crippen LogP contribution in [0.5, 0.6) is 0 Å². The first-order valence-corrected chi connectivity index (χ1v) is 7.56. The molecule has 0 spiro atoms. The van der Waals surface area contributed by atoms with Gasteiger partial charge in [0, 0.05) is 10.9 Å². The van der Waals surface area contributed by atoms with E-state index in [0.717, 1.165) is 42.5 Å². The van der Waals surface area contributed by atoms with Crippen LogP contribution in [-0.2, 0) is 0 Å². The molecule has 0 amide bonds. The first-order valence-electron chi connectivity index (χ1n) is 7.18. The van der Waals surface area contributed by atoms with Crippen LogP contribution in [0.25, 0.3) is 11.1 Å². The summed E-state index contributed by atoms with van der Waals surface area (Å²) in [5.41, 5.74) is 8.83. The van der Waals surface area contributed by atoms with Gasteiger partial charge in [-0.3, -0.25) is 0 Å². The average molecular weight is 293 g/mol. The molecule has 108 valence electrons. The molecule has 20 heavy (non-hydrogen) atoms. The lowest BCUT2D eigenvalue weighted by Gasteiger charge is -2.14. The van der Waals surface area contributed by atoms with E-state index in [9.17, 15) is 0 Å². The Morgan fingerprint density at radius 1 is 1.25 bits per heavy atom. The molecule has 4 heteroatoms. The smallest absolute Gasteiger partial charge is 0.230 e. The summed E-state index contributed by atoms with van der Waals surface area (Å²) in [4.78, 5) is 0. The first-order chi connectivity index (χ1) is 9.67. The summed E-state index contributed by atoms with van der Waals surface area (Å²) in [6.07, 6.45) is 4.42. The molecule has 3 nitrogen and oxygen atoms in total. The number of nitrogens with zero attached hydrogens (tertiary/aromatic N) is 1. The summed E-state index contributed by atoms with van der Waals surface area (Å²) in [5, 5.41) is 4.91. The fourth-order valence-corrected chi connectivity index (χ4v) is 2.83. The third-order valence-corrected chi connectivity index (χ3v) is 3.75. The number of nitrogens with two attached hydrogens (primary N) is 1. The van der Waals surface area contributed by atoms with Gasteiger partial charge >= 0.3 is 0 Å². The summed E-state index contributed by atoms with van der Waals surface area (Å²) in [6.45, 7) is 4.37. The van der Waals surface area contributed by atoms with Crippen molar-refractivity contribution in [1.82, 2.24) is 5.16 Å². The normalized spacial score (nSPS) is 11.2. The van der Waals surface area contributed by atoms with Gasteiger partial charge in [0.2, 0.25) is 5.88 Å². The van der Waals surface area contributed by atoms with Crippen LogP contribution in [0.15, 0.2) is 28.8 Å². The lowest BCUT2D eigenvalue weighted by atomic mass is 9.90. The molecular formula is C16H21ClN2O. The molecule has 1 aromatic heterocycles. The van der Waals surface area contributed by atoms with Crippen molar-refractivity contribution in [1.29, 1.82) is 0 Å². The van der Waals surface area contributed by atoms with Crippen LogP contribution < -0.4 is 5.73 Å². The van der Waals surface area contributed by atoms with Crippen molar-refractivity contribution in [3.05, 3.63) is 35.0 Å². The zero-order chi connectivity index (χ0) is 14.5. The van der Waals surface area contributed by atoms with Crippen molar-refractivity contribution in [3.8, 4) is 11.1 Å². The van der Waals surface area contributed by atoms with Crippen molar-refractivity contribution in [2.45, 2.75) is 45.4 Å². The number of rotatable bonds is 6. The summed E-state index contributed by atoms with van der Waals surface area (Å²) in [6, 6.07) is 7.67. The minimum Gasteiger partial charge on any atom is -0.367 e. The number of anilines is 1. The van der Waals surface area contributed by atoms with Gasteiger partial charge in [0.05, 0.1) is 11.3 Å². The van der Waals surface area contributed by atoms with Crippen LogP contribution in [0.4, 0.5) is 5.88 Å². The number of nitrogen functional groups attached to an aromatic ring is 1. The number of aromatic nitrogens is 1. The lowest BCUT2D eigenvalue weighted by Crippen LogP contribution is -2.01. The highest BCUT2D eigenvalue weighted by molar-refractivity contribution is 6.30. The van der Waals surface area contributed by atoms with Crippen molar-refractivity contribution in [3.63, 3.8) is 0 Å². The van der Waals surface area contributed by atoms with E-state index >= 15 is 0 Å². The van der Waals surface area contributed by atoms with Crippen molar-refractivity contribution in [2.24, 2.45) is 0 Å². The molecular weight excluding hydrogens is 272 g/mol. The van der Waals surface area contributed by atoms with Gasteiger partial charge in [-0.05, 0) is 30.5 Å². The predicted octanol–water partition coefficient (Wildman–Crippen LogP) is 5.26. The highest BCUT2D eigenvalue weighted by Gasteiger charge is 2.22. The first kappa shape index (κ1) is 14.9. The molecule has 2 aromatic rings. The van der Waals surface area contributed by atoms with Gasteiger partial charge in [0.15, 0.2) is 0 Å². The molecule has 0 radical (unpaired) electrons. The Morgan fingerprint density at radius 3 is 2.55 bits per heavy atom. The number of benzene rings is 1. The van der Waals surface area contributed by atoms with Gasteiger partial charge in [0.1, 0.15) is 0 Å². The molecule has 0 saturated heterocycles. The predicted molar refractivity (Wildman–Crippen MR) is 83.9 cm³/mol. The van der Waals surface area contributed by atoms with Gasteiger partial charge in [0.25, 0.3) is 0 Å². The van der Waals surface area contributed by atoms with Crippen LogP contribution in [0.1, 0.15) is 51.1 Å². The summed E-state index contributed by atoms with van der Waals surface area (Å²) in [7, 11) is 0. The molecule has 0 aliphatic carbocycles. The van der Waals surface area contributed by atoms with E-state index in [0.29, 0.717) is 16.8 Å². The van der Waals surface area contributed by atoms with Crippen molar-refractivity contribution >= 4 is 17.5 Å². The molecule has 0 atom stereocenters. The van der Waals surface area contributed by atoms with Gasteiger partial charge < -0.3 is 10.3 Å². The topological polar surface area (TPSA) is 52.0 Å². The third-order valence-electron chi connectivity index (χ3n) is 3.52. The molecule has 1 aromatic carbocycles. The van der Waals surface area contributed by atoms with Crippen LogP contribution in [0.2, 0.25) is 5.02 Å². The van der Waals surface area contributed by atoms with E-state index in [2.05, 4.69) is 19.0 Å². The third kappa shape index (κ3) is 3.15. The molecule has 1 heterocycles. The second-order valence-corrected chi connectivity index (χ2v) is 5.53. The van der Waals surface area contributed by atoms with Crippen molar-refractivity contribution in [2.75, 3.05) is 5.73 Å². The van der Waals surface area contributed by atoms with Gasteiger partial charge in [-0.2, -0.15) is 0 Å². The quantitative estimate of drug-likeness (QED) is 0.790. The molecule has 2 rings (SSSR count). The zero-order valence-electron chi connectivity index (χ0n) is 12.0. The second-order valence-electron chi connectivity index (χ2n) is 5.09. The van der Waals surface area contributed by atoms with Gasteiger partial charge in [-0.15, -0.1) is 0 Å². The lowest BCUT2D eigenvalue weighted by molar-refractivity contribution is 0.411. The van der Waals surface area contributed by atoms with E-state index in [-0.39, 0.29) is 0 Å². The minimum atomic E-state index is 0.375. The molecule has 0 aliphatic heterocycles. The van der Waals surface area contributed by atoms with E-state index < -0.39 is 0 Å². The minimum absolute atomic E-state index is 0.375. The SMILES string of the molecule is CCCC(CCC)c1noc(N)c1-c1cccc(Cl)c1. The molecule has 0 fully saturated rings. The van der Waals surface area contributed by atoms with Gasteiger partial charge in [-0.1, -0.05) is 55.6 Å². The van der Waals surface area contributed by atoms with Crippen LogP contribution in [0, 0.1) is 0 Å². The Bertz CT molecular complexity index is 559. The molecule has 0 aliphatic rings. The monoisotopic (exact) mass is 292 g/mol. The fourth-order valence-electron chi connectivity index (χ4n) is 2.64. The Balaban J connectivity index is 2.45. The standard InChI is InChI=1S/C16H21ClN2O/c1-3-6-11(7-4-2)15-14(16(18)20-19-15)12-8-5-9-13(17)10-12/h5,8-11H,3-4,6-7,18H2,1-2H3. The Kier molecular flexibility index (Phi) is 5.07. The van der Waals surface area contributed by atoms with Crippen LogP contribution in [-0.4, -0.2) is 5.16 Å². The largest absolute Gasteiger partial charge is 0.367 e. The molecule has 0 saturated carbocycles. The highest BCUT2D eigenvalue weighted by Crippen LogP contribution is 2.38. The molecule has 2 N–H and O–H groups in total. The number of hydrogen-bond donors (Lipinski definition) is 1. The average Bonchev–Trinajstić information content (AvgIpc) is 2.80. The van der Waals surface area contributed by atoms with E-state index in [4.69, 9.17) is 21.9 Å². The van der Waals surface area contributed by atoms with Gasteiger partial charge in [-0.25, -0.2) is 0 Å². The van der Waals surface area contributed by atoms with E-state index in [1.165, 1.54) is 0 Å². The molecule has 0 bridgehead atoms.